The SMILES string of the molecule is CC(=O)Nc1ccc(OCC(O)CNC(C)(C)C)c(C2=CC(=O)CC2)c1. The van der Waals surface area contributed by atoms with Crippen LogP contribution in [0.1, 0.15) is 46.1 Å². The highest BCUT2D eigenvalue weighted by atomic mass is 16.5. The maximum atomic E-state index is 11.6. The summed E-state index contributed by atoms with van der Waals surface area (Å²) in [7, 11) is 0. The van der Waals surface area contributed by atoms with Crippen LogP contribution in [0.3, 0.4) is 0 Å². The Bertz CT molecular complexity index is 704. The van der Waals surface area contributed by atoms with Gasteiger partial charge < -0.3 is 20.5 Å². The Kier molecular flexibility index (Phi) is 6.56. The normalized spacial score (nSPS) is 15.6. The zero-order valence-corrected chi connectivity index (χ0v) is 15.9. The van der Waals surface area contributed by atoms with Gasteiger partial charge in [-0.05, 0) is 57.0 Å². The fourth-order valence-electron chi connectivity index (χ4n) is 2.67. The summed E-state index contributed by atoms with van der Waals surface area (Å²) in [5.74, 6) is 0.518. The van der Waals surface area contributed by atoms with Gasteiger partial charge in [0, 0.05) is 36.7 Å². The molecule has 142 valence electrons. The Hall–Kier alpha value is -2.18. The molecular weight excluding hydrogens is 332 g/mol. The lowest BCUT2D eigenvalue weighted by atomic mass is 10.0. The lowest BCUT2D eigenvalue weighted by Crippen LogP contribution is -2.42. The molecule has 0 aromatic heterocycles. The van der Waals surface area contributed by atoms with Crippen LogP contribution in [0.2, 0.25) is 0 Å². The summed E-state index contributed by atoms with van der Waals surface area (Å²) in [4.78, 5) is 22.9. The van der Waals surface area contributed by atoms with E-state index in [4.69, 9.17) is 4.74 Å². The van der Waals surface area contributed by atoms with Gasteiger partial charge in [0.2, 0.25) is 5.91 Å². The van der Waals surface area contributed by atoms with Crippen molar-refractivity contribution in [1.82, 2.24) is 5.32 Å². The van der Waals surface area contributed by atoms with Gasteiger partial charge in [-0.25, -0.2) is 0 Å². The van der Waals surface area contributed by atoms with Crippen molar-refractivity contribution in [3.05, 3.63) is 29.8 Å². The molecule has 0 radical (unpaired) electrons. The van der Waals surface area contributed by atoms with Gasteiger partial charge in [-0.2, -0.15) is 0 Å². The third-order valence-corrected chi connectivity index (χ3v) is 3.92. The maximum Gasteiger partial charge on any atom is 0.221 e. The number of amides is 1. The highest BCUT2D eigenvalue weighted by Gasteiger charge is 2.19. The standard InChI is InChI=1S/C20H28N2O4/c1-13(23)22-15-6-8-19(18(10-15)14-5-7-16(24)9-14)26-12-17(25)11-21-20(2,3)4/h6,8-10,17,21,25H,5,7,11-12H2,1-4H3,(H,22,23). The number of ketones is 1. The van der Waals surface area contributed by atoms with Crippen LogP contribution in [0.25, 0.3) is 5.57 Å². The molecule has 0 heterocycles. The lowest BCUT2D eigenvalue weighted by Gasteiger charge is -2.23. The van der Waals surface area contributed by atoms with Crippen molar-refractivity contribution in [3.8, 4) is 5.75 Å². The Labute approximate surface area is 154 Å². The number of hydrogen-bond acceptors (Lipinski definition) is 5. The van der Waals surface area contributed by atoms with Crippen LogP contribution in [0, 0.1) is 0 Å². The van der Waals surface area contributed by atoms with Crippen LogP contribution in [-0.4, -0.2) is 41.6 Å². The van der Waals surface area contributed by atoms with Crippen LogP contribution >= 0.6 is 0 Å². The molecule has 1 aliphatic rings. The molecule has 6 nitrogen and oxygen atoms in total. The predicted molar refractivity (Wildman–Crippen MR) is 102 cm³/mol. The highest BCUT2D eigenvalue weighted by molar-refractivity contribution is 6.02. The van der Waals surface area contributed by atoms with Gasteiger partial charge in [0.25, 0.3) is 0 Å². The molecule has 1 aromatic carbocycles. The third-order valence-electron chi connectivity index (χ3n) is 3.92. The second-order valence-electron chi connectivity index (χ2n) is 7.62. The van der Waals surface area contributed by atoms with Gasteiger partial charge in [-0.3, -0.25) is 9.59 Å². The van der Waals surface area contributed by atoms with E-state index < -0.39 is 6.10 Å². The summed E-state index contributed by atoms with van der Waals surface area (Å²) in [5.41, 5.74) is 2.23. The number of allylic oxidation sites excluding steroid dienone is 2. The Balaban J connectivity index is 2.12. The lowest BCUT2D eigenvalue weighted by molar-refractivity contribution is -0.114. The first-order chi connectivity index (χ1) is 12.1. The summed E-state index contributed by atoms with van der Waals surface area (Å²) < 4.78 is 5.82. The minimum absolute atomic E-state index is 0.0822. The van der Waals surface area contributed by atoms with Crippen molar-refractivity contribution < 1.29 is 19.4 Å². The van der Waals surface area contributed by atoms with Crippen molar-refractivity contribution in [2.45, 2.75) is 52.2 Å². The number of carbonyl (C=O) groups is 2. The molecule has 0 spiro atoms. The van der Waals surface area contributed by atoms with Crippen molar-refractivity contribution in [2.75, 3.05) is 18.5 Å². The smallest absolute Gasteiger partial charge is 0.221 e. The monoisotopic (exact) mass is 360 g/mol. The number of hydrogen-bond donors (Lipinski definition) is 3. The van der Waals surface area contributed by atoms with Gasteiger partial charge >= 0.3 is 0 Å². The molecule has 1 amide bonds. The van der Waals surface area contributed by atoms with E-state index in [9.17, 15) is 14.7 Å². The van der Waals surface area contributed by atoms with Gasteiger partial charge in [0.15, 0.2) is 5.78 Å². The summed E-state index contributed by atoms with van der Waals surface area (Å²) in [5, 5.41) is 16.1. The van der Waals surface area contributed by atoms with E-state index >= 15 is 0 Å². The molecule has 0 bridgehead atoms. The summed E-state index contributed by atoms with van der Waals surface area (Å²) in [6, 6.07) is 5.31. The minimum atomic E-state index is -0.656. The van der Waals surface area contributed by atoms with E-state index in [0.717, 1.165) is 11.1 Å². The first kappa shape index (κ1) is 20.1. The predicted octanol–water partition coefficient (Wildman–Crippen LogP) is 2.52. The van der Waals surface area contributed by atoms with Crippen molar-refractivity contribution in [1.29, 1.82) is 0 Å². The molecule has 1 atom stereocenters. The number of aliphatic hydroxyl groups is 1. The number of aliphatic hydroxyl groups excluding tert-OH is 1. The average molecular weight is 360 g/mol. The molecule has 0 saturated heterocycles. The number of carbonyl (C=O) groups excluding carboxylic acids is 2. The Morgan fingerprint density at radius 3 is 2.62 bits per heavy atom. The van der Waals surface area contributed by atoms with Crippen LogP contribution < -0.4 is 15.4 Å². The molecule has 3 N–H and O–H groups in total. The van der Waals surface area contributed by atoms with E-state index in [-0.39, 0.29) is 23.8 Å². The summed E-state index contributed by atoms with van der Waals surface area (Å²) in [6.45, 7) is 8.09. The number of anilines is 1. The second-order valence-corrected chi connectivity index (χ2v) is 7.62. The number of rotatable bonds is 7. The molecule has 0 fully saturated rings. The molecular formula is C20H28N2O4. The highest BCUT2D eigenvalue weighted by Crippen LogP contribution is 2.34. The van der Waals surface area contributed by atoms with Gasteiger partial charge in [0.1, 0.15) is 18.5 Å². The molecule has 6 heteroatoms. The van der Waals surface area contributed by atoms with Crippen LogP contribution in [0.5, 0.6) is 5.75 Å². The molecule has 2 rings (SSSR count). The van der Waals surface area contributed by atoms with E-state index in [1.807, 2.05) is 20.8 Å². The number of benzene rings is 1. The van der Waals surface area contributed by atoms with Crippen LogP contribution in [0.4, 0.5) is 5.69 Å². The van der Waals surface area contributed by atoms with Crippen LogP contribution in [-0.2, 0) is 9.59 Å². The van der Waals surface area contributed by atoms with Gasteiger partial charge in [-0.1, -0.05) is 0 Å². The molecule has 0 aliphatic heterocycles. The van der Waals surface area contributed by atoms with Crippen molar-refractivity contribution in [2.24, 2.45) is 0 Å². The number of nitrogens with one attached hydrogen (secondary N) is 2. The Morgan fingerprint density at radius 2 is 2.04 bits per heavy atom. The maximum absolute atomic E-state index is 11.6. The van der Waals surface area contributed by atoms with Gasteiger partial charge in [0.05, 0.1) is 0 Å². The van der Waals surface area contributed by atoms with Crippen molar-refractivity contribution >= 4 is 23.0 Å². The molecule has 26 heavy (non-hydrogen) atoms. The van der Waals surface area contributed by atoms with Gasteiger partial charge in [-0.15, -0.1) is 0 Å². The first-order valence-electron chi connectivity index (χ1n) is 8.85. The molecule has 1 aromatic rings. The largest absolute Gasteiger partial charge is 0.490 e. The third kappa shape index (κ3) is 6.28. The van der Waals surface area contributed by atoms with Crippen LogP contribution in [0.15, 0.2) is 24.3 Å². The zero-order chi connectivity index (χ0) is 19.3. The second kappa shape index (κ2) is 8.47. The zero-order valence-electron chi connectivity index (χ0n) is 15.9. The van der Waals surface area contributed by atoms with E-state index in [1.165, 1.54) is 6.92 Å². The van der Waals surface area contributed by atoms with Crippen molar-refractivity contribution in [3.63, 3.8) is 0 Å². The molecule has 1 aliphatic carbocycles. The quantitative estimate of drug-likeness (QED) is 0.695. The molecule has 0 saturated carbocycles. The van der Waals surface area contributed by atoms with E-state index in [2.05, 4.69) is 10.6 Å². The first-order valence-corrected chi connectivity index (χ1v) is 8.85. The fourth-order valence-corrected chi connectivity index (χ4v) is 2.67. The average Bonchev–Trinajstić information content (AvgIpc) is 2.96. The van der Waals surface area contributed by atoms with E-state index in [1.54, 1.807) is 24.3 Å². The summed E-state index contributed by atoms with van der Waals surface area (Å²) in [6.07, 6.45) is 2.10. The topological polar surface area (TPSA) is 87.7 Å². The number of ether oxygens (including phenoxy) is 1. The summed E-state index contributed by atoms with van der Waals surface area (Å²) >= 11 is 0. The minimum Gasteiger partial charge on any atom is -0.490 e. The molecule has 1 unspecified atom stereocenters. The van der Waals surface area contributed by atoms with E-state index in [0.29, 0.717) is 30.8 Å². The fraction of sp³-hybridized carbons (Fsp3) is 0.500. The Morgan fingerprint density at radius 1 is 1.31 bits per heavy atom. The number of β-amino-alcohol motifs (C(OH)–C–C–N with tert-alkyl or cyclic N) is 1.